The number of benzene rings is 1. The molecule has 0 unspecified atom stereocenters. The fraction of sp³-hybridized carbons (Fsp3) is 0.500. The fourth-order valence-corrected chi connectivity index (χ4v) is 2.70. The maximum absolute atomic E-state index is 12.2. The number of carbonyl (C=O) groups excluding carboxylic acids is 3. The van der Waals surface area contributed by atoms with E-state index in [9.17, 15) is 14.4 Å². The molecule has 1 aromatic carbocycles. The van der Waals surface area contributed by atoms with Crippen molar-refractivity contribution in [2.75, 3.05) is 39.8 Å². The number of rotatable bonds is 6. The van der Waals surface area contributed by atoms with Crippen LogP contribution in [0, 0.1) is 6.92 Å². The first-order chi connectivity index (χ1) is 11.5. The van der Waals surface area contributed by atoms with E-state index < -0.39 is 0 Å². The van der Waals surface area contributed by atoms with Gasteiger partial charge in [0.1, 0.15) is 0 Å². The lowest BCUT2D eigenvalue weighted by atomic mass is 10.0. The zero-order valence-corrected chi connectivity index (χ0v) is 14.4. The van der Waals surface area contributed by atoms with Crippen molar-refractivity contribution in [2.24, 2.45) is 0 Å². The minimum atomic E-state index is -0.0153. The molecule has 1 fully saturated rings. The van der Waals surface area contributed by atoms with E-state index in [1.54, 1.807) is 24.1 Å². The Balaban J connectivity index is 1.74. The zero-order valence-electron chi connectivity index (χ0n) is 14.4. The van der Waals surface area contributed by atoms with Crippen LogP contribution in [-0.4, -0.2) is 67.2 Å². The van der Waals surface area contributed by atoms with E-state index in [0.29, 0.717) is 38.3 Å². The first-order valence-electron chi connectivity index (χ1n) is 8.30. The normalized spacial score (nSPS) is 15.2. The number of carbonyl (C=O) groups is 3. The standard InChI is InChI=1S/C18H25N3O3/c1-14-3-5-15(6-4-14)16(22)7-8-18(24)21-11-9-20(10-12-21)13-17(23)19-2/h3-6H,7-13H2,1-2H3,(H,19,23). The Hall–Kier alpha value is -2.21. The molecule has 0 aliphatic carbocycles. The second-order valence-electron chi connectivity index (χ2n) is 6.12. The maximum atomic E-state index is 12.2. The third-order valence-corrected chi connectivity index (χ3v) is 4.31. The van der Waals surface area contributed by atoms with E-state index in [1.807, 2.05) is 24.0 Å². The van der Waals surface area contributed by atoms with Gasteiger partial charge in [0.05, 0.1) is 6.54 Å². The highest BCUT2D eigenvalue weighted by Crippen LogP contribution is 2.10. The predicted octanol–water partition coefficient (Wildman–Crippen LogP) is 0.848. The average molecular weight is 331 g/mol. The zero-order chi connectivity index (χ0) is 17.5. The number of aryl methyl sites for hydroxylation is 1. The molecule has 6 heteroatoms. The Labute approximate surface area is 142 Å². The van der Waals surface area contributed by atoms with Crippen LogP contribution in [0.15, 0.2) is 24.3 Å². The number of Topliss-reactive ketones (excluding diaryl/α,β-unsaturated/α-hetero) is 1. The topological polar surface area (TPSA) is 69.7 Å². The van der Waals surface area contributed by atoms with Gasteiger partial charge in [-0.1, -0.05) is 29.8 Å². The predicted molar refractivity (Wildman–Crippen MR) is 91.8 cm³/mol. The molecular formula is C18H25N3O3. The van der Waals surface area contributed by atoms with Gasteiger partial charge in [-0.2, -0.15) is 0 Å². The SMILES string of the molecule is CNC(=O)CN1CCN(C(=O)CCC(=O)c2ccc(C)cc2)CC1. The summed E-state index contributed by atoms with van der Waals surface area (Å²) in [4.78, 5) is 39.5. The van der Waals surface area contributed by atoms with E-state index in [2.05, 4.69) is 5.32 Å². The summed E-state index contributed by atoms with van der Waals surface area (Å²) in [5.41, 5.74) is 1.76. The van der Waals surface area contributed by atoms with Gasteiger partial charge < -0.3 is 10.2 Å². The Morgan fingerprint density at radius 2 is 1.62 bits per heavy atom. The molecule has 0 aromatic heterocycles. The van der Waals surface area contributed by atoms with Gasteiger partial charge in [0.25, 0.3) is 0 Å². The third kappa shape index (κ3) is 5.16. The van der Waals surface area contributed by atoms with Gasteiger partial charge in [-0.25, -0.2) is 0 Å². The number of hydrogen-bond donors (Lipinski definition) is 1. The summed E-state index contributed by atoms with van der Waals surface area (Å²) < 4.78 is 0. The number of nitrogens with zero attached hydrogens (tertiary/aromatic N) is 2. The van der Waals surface area contributed by atoms with Gasteiger partial charge >= 0.3 is 0 Å². The molecule has 1 aliphatic rings. The first-order valence-corrected chi connectivity index (χ1v) is 8.30. The number of piperazine rings is 1. The van der Waals surface area contributed by atoms with E-state index in [0.717, 1.165) is 5.56 Å². The van der Waals surface area contributed by atoms with Gasteiger partial charge in [-0.15, -0.1) is 0 Å². The monoisotopic (exact) mass is 331 g/mol. The molecule has 1 aliphatic heterocycles. The molecule has 6 nitrogen and oxygen atoms in total. The molecular weight excluding hydrogens is 306 g/mol. The van der Waals surface area contributed by atoms with Crippen LogP contribution in [0.5, 0.6) is 0 Å². The van der Waals surface area contributed by atoms with E-state index in [4.69, 9.17) is 0 Å². The molecule has 1 saturated heterocycles. The Morgan fingerprint density at radius 1 is 1.00 bits per heavy atom. The van der Waals surface area contributed by atoms with Crippen molar-refractivity contribution in [1.29, 1.82) is 0 Å². The fourth-order valence-electron chi connectivity index (χ4n) is 2.70. The summed E-state index contributed by atoms with van der Waals surface area (Å²) in [6.07, 6.45) is 0.475. The average Bonchev–Trinajstić information content (AvgIpc) is 2.60. The number of amides is 2. The van der Waals surface area contributed by atoms with Crippen molar-refractivity contribution in [3.63, 3.8) is 0 Å². The summed E-state index contributed by atoms with van der Waals surface area (Å²) in [7, 11) is 1.62. The molecule has 0 radical (unpaired) electrons. The molecule has 2 rings (SSSR count). The maximum Gasteiger partial charge on any atom is 0.233 e. The first kappa shape index (κ1) is 18.1. The molecule has 0 atom stereocenters. The summed E-state index contributed by atoms with van der Waals surface area (Å²) in [5.74, 6) is -0.00451. The lowest BCUT2D eigenvalue weighted by Crippen LogP contribution is -2.50. The van der Waals surface area contributed by atoms with Gasteiger partial charge in [0.15, 0.2) is 5.78 Å². The number of hydrogen-bond acceptors (Lipinski definition) is 4. The van der Waals surface area contributed by atoms with Crippen molar-refractivity contribution < 1.29 is 14.4 Å². The molecule has 0 spiro atoms. The van der Waals surface area contributed by atoms with Crippen LogP contribution in [0.4, 0.5) is 0 Å². The molecule has 2 amide bonds. The molecule has 1 aromatic rings. The van der Waals surface area contributed by atoms with Crippen molar-refractivity contribution in [1.82, 2.24) is 15.1 Å². The lowest BCUT2D eigenvalue weighted by Gasteiger charge is -2.34. The van der Waals surface area contributed by atoms with E-state index in [1.165, 1.54) is 0 Å². The van der Waals surface area contributed by atoms with Crippen molar-refractivity contribution >= 4 is 17.6 Å². The molecule has 24 heavy (non-hydrogen) atoms. The van der Waals surface area contributed by atoms with Gasteiger partial charge in [-0.3, -0.25) is 19.3 Å². The summed E-state index contributed by atoms with van der Waals surface area (Å²) >= 11 is 0. The van der Waals surface area contributed by atoms with Gasteiger partial charge in [-0.05, 0) is 6.92 Å². The molecule has 0 saturated carbocycles. The molecule has 1 heterocycles. The lowest BCUT2D eigenvalue weighted by molar-refractivity contribution is -0.133. The largest absolute Gasteiger partial charge is 0.358 e. The smallest absolute Gasteiger partial charge is 0.233 e. The van der Waals surface area contributed by atoms with Gasteiger partial charge in [0, 0.05) is 51.6 Å². The minimum Gasteiger partial charge on any atom is -0.358 e. The summed E-state index contributed by atoms with van der Waals surface area (Å²) in [6, 6.07) is 7.42. The van der Waals surface area contributed by atoms with Crippen LogP contribution in [0.1, 0.15) is 28.8 Å². The quantitative estimate of drug-likeness (QED) is 0.785. The van der Waals surface area contributed by atoms with Crippen molar-refractivity contribution in [3.8, 4) is 0 Å². The Kier molecular flexibility index (Phi) is 6.49. The van der Waals surface area contributed by atoms with Gasteiger partial charge in [0.2, 0.25) is 11.8 Å². The third-order valence-electron chi connectivity index (χ3n) is 4.31. The second kappa shape index (κ2) is 8.59. The Morgan fingerprint density at radius 3 is 2.21 bits per heavy atom. The van der Waals surface area contributed by atoms with Crippen molar-refractivity contribution in [2.45, 2.75) is 19.8 Å². The van der Waals surface area contributed by atoms with Crippen molar-refractivity contribution in [3.05, 3.63) is 35.4 Å². The van der Waals surface area contributed by atoms with Crippen LogP contribution in [0.3, 0.4) is 0 Å². The summed E-state index contributed by atoms with van der Waals surface area (Å²) in [6.45, 7) is 4.92. The van der Waals surface area contributed by atoms with Crippen LogP contribution in [0.25, 0.3) is 0 Å². The molecule has 1 N–H and O–H groups in total. The van der Waals surface area contributed by atoms with Crippen LogP contribution in [0.2, 0.25) is 0 Å². The minimum absolute atomic E-state index is 0.00148. The number of nitrogens with one attached hydrogen (secondary N) is 1. The van der Waals surface area contributed by atoms with E-state index in [-0.39, 0.29) is 30.4 Å². The van der Waals surface area contributed by atoms with Crippen LogP contribution < -0.4 is 5.32 Å². The Bertz CT molecular complexity index is 590. The second-order valence-corrected chi connectivity index (χ2v) is 6.12. The molecule has 130 valence electrons. The van der Waals surface area contributed by atoms with Crippen LogP contribution >= 0.6 is 0 Å². The number of likely N-dealkylation sites (N-methyl/N-ethyl adjacent to an activating group) is 1. The molecule has 0 bridgehead atoms. The highest BCUT2D eigenvalue weighted by molar-refractivity contribution is 5.98. The van der Waals surface area contributed by atoms with Crippen LogP contribution in [-0.2, 0) is 9.59 Å². The highest BCUT2D eigenvalue weighted by Gasteiger charge is 2.22. The van der Waals surface area contributed by atoms with E-state index >= 15 is 0 Å². The number of ketones is 1. The summed E-state index contributed by atoms with van der Waals surface area (Å²) in [5, 5.41) is 2.60. The highest BCUT2D eigenvalue weighted by atomic mass is 16.2.